The molecule has 0 bridgehead atoms. The molecule has 7 nitrogen and oxygen atoms in total. The topological polar surface area (TPSA) is 84.2 Å². The van der Waals surface area contributed by atoms with Gasteiger partial charge in [-0.15, -0.1) is 0 Å². The molecule has 1 N–H and O–H groups in total. The Hall–Kier alpha value is -3.22. The van der Waals surface area contributed by atoms with E-state index in [1.165, 1.54) is 6.20 Å². The minimum absolute atomic E-state index is 0.212. The fourth-order valence-electron chi connectivity index (χ4n) is 2.27. The second kappa shape index (κ2) is 6.91. The van der Waals surface area contributed by atoms with Gasteiger partial charge in [0.15, 0.2) is 11.6 Å². The molecule has 0 fully saturated rings. The highest BCUT2D eigenvalue weighted by molar-refractivity contribution is 6.02. The van der Waals surface area contributed by atoms with Gasteiger partial charge >= 0.3 is 0 Å². The normalized spacial score (nSPS) is 10.4. The first-order valence-electron chi connectivity index (χ1n) is 7.56. The Morgan fingerprint density at radius 1 is 1.21 bits per heavy atom. The van der Waals surface area contributed by atoms with Crippen LogP contribution in [0.15, 0.2) is 53.3 Å². The summed E-state index contributed by atoms with van der Waals surface area (Å²) in [6.07, 6.45) is 3.03. The number of carbonyl (C=O) groups is 1. The summed E-state index contributed by atoms with van der Waals surface area (Å²) in [7, 11) is 0. The number of para-hydroxylation sites is 1. The molecule has 0 aliphatic heterocycles. The number of aryl methyl sites for hydroxylation is 1. The average molecular weight is 323 g/mol. The predicted octanol–water partition coefficient (Wildman–Crippen LogP) is 3.18. The fraction of sp³-hybridized carbons (Fsp3) is 0.176. The predicted molar refractivity (Wildman–Crippen MR) is 90.3 cm³/mol. The van der Waals surface area contributed by atoms with Crippen molar-refractivity contribution in [2.45, 2.75) is 13.8 Å². The van der Waals surface area contributed by atoms with Crippen molar-refractivity contribution in [1.29, 1.82) is 0 Å². The minimum atomic E-state index is -0.384. The number of amides is 1. The lowest BCUT2D eigenvalue weighted by Gasteiger charge is -2.21. The van der Waals surface area contributed by atoms with E-state index in [1.807, 2.05) is 42.2 Å². The van der Waals surface area contributed by atoms with E-state index in [4.69, 9.17) is 4.52 Å². The van der Waals surface area contributed by atoms with E-state index in [0.717, 1.165) is 12.2 Å². The summed E-state index contributed by atoms with van der Waals surface area (Å²) in [5.41, 5.74) is 1.23. The molecule has 0 aliphatic carbocycles. The Kier molecular flexibility index (Phi) is 4.51. The Morgan fingerprint density at radius 2 is 2.00 bits per heavy atom. The van der Waals surface area contributed by atoms with Crippen molar-refractivity contribution >= 4 is 23.2 Å². The SMILES string of the molecule is CCN(c1ccccc1)c1cnc(C(=O)Nc2cc(C)on2)cn1. The van der Waals surface area contributed by atoms with E-state index in [1.54, 1.807) is 19.2 Å². The lowest BCUT2D eigenvalue weighted by Crippen LogP contribution is -2.19. The molecule has 1 amide bonds. The van der Waals surface area contributed by atoms with Gasteiger partial charge in [0.2, 0.25) is 0 Å². The summed E-state index contributed by atoms with van der Waals surface area (Å²) < 4.78 is 4.91. The summed E-state index contributed by atoms with van der Waals surface area (Å²) in [4.78, 5) is 22.7. The maximum atomic E-state index is 12.1. The molecule has 0 saturated carbocycles. The Bertz CT molecular complexity index is 815. The maximum absolute atomic E-state index is 12.1. The van der Waals surface area contributed by atoms with Crippen molar-refractivity contribution in [1.82, 2.24) is 15.1 Å². The quantitative estimate of drug-likeness (QED) is 0.776. The highest BCUT2D eigenvalue weighted by Gasteiger charge is 2.13. The van der Waals surface area contributed by atoms with Gasteiger partial charge in [0.1, 0.15) is 11.5 Å². The summed E-state index contributed by atoms with van der Waals surface area (Å²) in [5.74, 6) is 1.26. The number of rotatable bonds is 5. The van der Waals surface area contributed by atoms with Crippen LogP contribution in [0, 0.1) is 6.92 Å². The zero-order valence-corrected chi connectivity index (χ0v) is 13.4. The third-order valence-corrected chi connectivity index (χ3v) is 3.40. The first-order valence-corrected chi connectivity index (χ1v) is 7.56. The van der Waals surface area contributed by atoms with Crippen LogP contribution in [0.1, 0.15) is 23.2 Å². The molecule has 122 valence electrons. The molecular weight excluding hydrogens is 306 g/mol. The lowest BCUT2D eigenvalue weighted by molar-refractivity contribution is 0.102. The summed E-state index contributed by atoms with van der Waals surface area (Å²) >= 11 is 0. The number of anilines is 3. The van der Waals surface area contributed by atoms with Crippen molar-refractivity contribution in [3.05, 3.63) is 60.2 Å². The number of benzene rings is 1. The van der Waals surface area contributed by atoms with E-state index >= 15 is 0 Å². The molecule has 24 heavy (non-hydrogen) atoms. The Labute approximate surface area is 139 Å². The summed E-state index contributed by atoms with van der Waals surface area (Å²) in [6.45, 7) is 4.52. The van der Waals surface area contributed by atoms with Crippen molar-refractivity contribution in [3.8, 4) is 0 Å². The van der Waals surface area contributed by atoms with E-state index in [2.05, 4.69) is 20.4 Å². The zero-order chi connectivity index (χ0) is 16.9. The van der Waals surface area contributed by atoms with Gasteiger partial charge in [-0.05, 0) is 26.0 Å². The molecular formula is C17H17N5O2. The zero-order valence-electron chi connectivity index (χ0n) is 13.4. The minimum Gasteiger partial charge on any atom is -0.360 e. The van der Waals surface area contributed by atoms with Gasteiger partial charge < -0.3 is 14.7 Å². The lowest BCUT2D eigenvalue weighted by atomic mass is 10.3. The first kappa shape index (κ1) is 15.7. The van der Waals surface area contributed by atoms with E-state index in [9.17, 15) is 4.79 Å². The number of aromatic nitrogens is 3. The molecule has 2 aromatic heterocycles. The van der Waals surface area contributed by atoms with Gasteiger partial charge in [0.25, 0.3) is 5.91 Å². The number of nitrogens with zero attached hydrogens (tertiary/aromatic N) is 4. The molecule has 3 aromatic rings. The third-order valence-electron chi connectivity index (χ3n) is 3.40. The van der Waals surface area contributed by atoms with Gasteiger partial charge in [-0.2, -0.15) is 0 Å². The molecule has 0 spiro atoms. The summed E-state index contributed by atoms with van der Waals surface area (Å²) in [5, 5.41) is 6.33. The molecule has 0 aliphatic rings. The van der Waals surface area contributed by atoms with E-state index in [0.29, 0.717) is 17.4 Å². The van der Waals surface area contributed by atoms with Crippen LogP contribution in [-0.2, 0) is 0 Å². The third kappa shape index (κ3) is 3.40. The second-order valence-electron chi connectivity index (χ2n) is 5.12. The number of nitrogens with one attached hydrogen (secondary N) is 1. The molecule has 0 unspecified atom stereocenters. The average Bonchev–Trinajstić information content (AvgIpc) is 3.02. The maximum Gasteiger partial charge on any atom is 0.277 e. The van der Waals surface area contributed by atoms with Crippen LogP contribution in [0.25, 0.3) is 0 Å². The van der Waals surface area contributed by atoms with Crippen molar-refractivity contribution < 1.29 is 9.32 Å². The molecule has 7 heteroatoms. The van der Waals surface area contributed by atoms with Gasteiger partial charge in [0, 0.05) is 18.3 Å². The van der Waals surface area contributed by atoms with Crippen molar-refractivity contribution in [2.75, 3.05) is 16.8 Å². The first-order chi connectivity index (χ1) is 11.7. The smallest absolute Gasteiger partial charge is 0.277 e. The van der Waals surface area contributed by atoms with Gasteiger partial charge in [-0.3, -0.25) is 4.79 Å². The van der Waals surface area contributed by atoms with Crippen LogP contribution >= 0.6 is 0 Å². The molecule has 0 radical (unpaired) electrons. The number of hydrogen-bond acceptors (Lipinski definition) is 6. The fourth-order valence-corrected chi connectivity index (χ4v) is 2.27. The molecule has 3 rings (SSSR count). The van der Waals surface area contributed by atoms with Crippen molar-refractivity contribution in [3.63, 3.8) is 0 Å². The largest absolute Gasteiger partial charge is 0.360 e. The van der Waals surface area contributed by atoms with Gasteiger partial charge in [-0.25, -0.2) is 9.97 Å². The van der Waals surface area contributed by atoms with Crippen LogP contribution in [0.3, 0.4) is 0 Å². The number of hydrogen-bond donors (Lipinski definition) is 1. The second-order valence-corrected chi connectivity index (χ2v) is 5.12. The monoisotopic (exact) mass is 323 g/mol. The highest BCUT2D eigenvalue weighted by atomic mass is 16.5. The van der Waals surface area contributed by atoms with Gasteiger partial charge in [0.05, 0.1) is 12.4 Å². The van der Waals surface area contributed by atoms with Crippen molar-refractivity contribution in [2.24, 2.45) is 0 Å². The van der Waals surface area contributed by atoms with E-state index < -0.39 is 0 Å². The standard InChI is InChI=1S/C17H17N5O2/c1-3-22(13-7-5-4-6-8-13)16-11-18-14(10-19-16)17(23)20-15-9-12(2)24-21-15/h4-11H,3H2,1-2H3,(H,20,21,23). The number of carbonyl (C=O) groups excluding carboxylic acids is 1. The Balaban J connectivity index is 1.76. The van der Waals surface area contributed by atoms with Crippen LogP contribution in [0.4, 0.5) is 17.3 Å². The van der Waals surface area contributed by atoms with E-state index in [-0.39, 0.29) is 11.6 Å². The van der Waals surface area contributed by atoms with Crippen LogP contribution in [-0.4, -0.2) is 27.6 Å². The van der Waals surface area contributed by atoms with Gasteiger partial charge in [-0.1, -0.05) is 23.4 Å². The molecule has 0 atom stereocenters. The van der Waals surface area contributed by atoms with Crippen LogP contribution < -0.4 is 10.2 Å². The molecule has 1 aromatic carbocycles. The van der Waals surface area contributed by atoms with Crippen LogP contribution in [0.2, 0.25) is 0 Å². The Morgan fingerprint density at radius 3 is 2.58 bits per heavy atom. The van der Waals surface area contributed by atoms with Crippen LogP contribution in [0.5, 0.6) is 0 Å². The molecule has 2 heterocycles. The summed E-state index contributed by atoms with van der Waals surface area (Å²) in [6, 6.07) is 11.5. The molecule has 0 saturated heterocycles. The highest BCUT2D eigenvalue weighted by Crippen LogP contribution is 2.22.